The minimum atomic E-state index is 0.307. The lowest BCUT2D eigenvalue weighted by Crippen LogP contribution is -2.27. The van der Waals surface area contributed by atoms with E-state index in [1.54, 1.807) is 0 Å². The molecule has 0 fully saturated rings. The van der Waals surface area contributed by atoms with E-state index < -0.39 is 0 Å². The van der Waals surface area contributed by atoms with Crippen molar-refractivity contribution in [1.29, 1.82) is 0 Å². The number of anilines is 1. The van der Waals surface area contributed by atoms with E-state index in [4.69, 9.17) is 5.73 Å². The van der Waals surface area contributed by atoms with Crippen molar-refractivity contribution in [2.45, 2.75) is 6.04 Å². The van der Waals surface area contributed by atoms with Gasteiger partial charge in [0.15, 0.2) is 0 Å². The van der Waals surface area contributed by atoms with Crippen LogP contribution in [0.3, 0.4) is 0 Å². The molecule has 1 unspecified atom stereocenters. The Labute approximate surface area is 92.5 Å². The van der Waals surface area contributed by atoms with Gasteiger partial charge in [0.2, 0.25) is 0 Å². The molecule has 3 nitrogen and oxygen atoms in total. The van der Waals surface area contributed by atoms with Crippen LogP contribution in [0.4, 0.5) is 5.69 Å². The molecule has 0 saturated carbocycles. The number of benzene rings is 1. The van der Waals surface area contributed by atoms with Gasteiger partial charge in [-0.3, -0.25) is 0 Å². The third-order valence-corrected chi connectivity index (χ3v) is 2.64. The van der Waals surface area contributed by atoms with E-state index in [2.05, 4.69) is 48.2 Å². The van der Waals surface area contributed by atoms with Crippen molar-refractivity contribution in [3.05, 3.63) is 29.8 Å². The van der Waals surface area contributed by atoms with Crippen molar-refractivity contribution >= 4 is 5.69 Å². The molecule has 2 N–H and O–H groups in total. The molecule has 0 amide bonds. The summed E-state index contributed by atoms with van der Waals surface area (Å²) in [7, 11) is 8.19. The molecule has 84 valence electrons. The van der Waals surface area contributed by atoms with Gasteiger partial charge in [0.05, 0.1) is 0 Å². The lowest BCUT2D eigenvalue weighted by atomic mass is 10.1. The van der Waals surface area contributed by atoms with Crippen molar-refractivity contribution in [3.8, 4) is 0 Å². The highest BCUT2D eigenvalue weighted by Gasteiger charge is 2.11. The molecule has 1 rings (SSSR count). The zero-order chi connectivity index (χ0) is 11.4. The Morgan fingerprint density at radius 1 is 1.07 bits per heavy atom. The number of nitrogens with zero attached hydrogens (tertiary/aromatic N) is 2. The first-order valence-electron chi connectivity index (χ1n) is 5.20. The predicted molar refractivity (Wildman–Crippen MR) is 66.3 cm³/mol. The summed E-state index contributed by atoms with van der Waals surface area (Å²) in [6, 6.07) is 8.85. The van der Waals surface area contributed by atoms with Gasteiger partial charge in [-0.15, -0.1) is 0 Å². The molecule has 1 aromatic carbocycles. The van der Waals surface area contributed by atoms with Crippen molar-refractivity contribution in [1.82, 2.24) is 4.90 Å². The van der Waals surface area contributed by atoms with Crippen LogP contribution < -0.4 is 10.6 Å². The second-order valence-corrected chi connectivity index (χ2v) is 4.20. The third kappa shape index (κ3) is 2.94. The number of hydrogen-bond acceptors (Lipinski definition) is 3. The largest absolute Gasteiger partial charge is 0.378 e. The maximum Gasteiger partial charge on any atom is 0.0464 e. The third-order valence-electron chi connectivity index (χ3n) is 2.64. The standard InChI is InChI=1S/C12H21N3/c1-14(2)11-7-5-10(6-8-11)12(9-13)15(3)4/h5-8,12H,9,13H2,1-4H3. The van der Waals surface area contributed by atoms with Crippen LogP contribution in [0.2, 0.25) is 0 Å². The van der Waals surface area contributed by atoms with Crippen molar-refractivity contribution in [2.75, 3.05) is 39.6 Å². The molecule has 0 aromatic heterocycles. The summed E-state index contributed by atoms with van der Waals surface area (Å²) < 4.78 is 0. The van der Waals surface area contributed by atoms with Crippen molar-refractivity contribution in [2.24, 2.45) is 5.73 Å². The molecular formula is C12H21N3. The summed E-state index contributed by atoms with van der Waals surface area (Å²) in [4.78, 5) is 4.24. The second kappa shape index (κ2) is 5.14. The van der Waals surface area contributed by atoms with Crippen LogP contribution >= 0.6 is 0 Å². The highest BCUT2D eigenvalue weighted by molar-refractivity contribution is 5.46. The predicted octanol–water partition coefficient (Wildman–Crippen LogP) is 1.31. The first-order valence-corrected chi connectivity index (χ1v) is 5.20. The fraction of sp³-hybridized carbons (Fsp3) is 0.500. The molecule has 15 heavy (non-hydrogen) atoms. The van der Waals surface area contributed by atoms with E-state index >= 15 is 0 Å². The maximum absolute atomic E-state index is 5.75. The molecular weight excluding hydrogens is 186 g/mol. The summed E-state index contributed by atoms with van der Waals surface area (Å²) >= 11 is 0. The van der Waals surface area contributed by atoms with Crippen LogP contribution in [0.1, 0.15) is 11.6 Å². The van der Waals surface area contributed by atoms with E-state index in [1.807, 2.05) is 14.1 Å². The summed E-state index contributed by atoms with van der Waals surface area (Å²) in [6.45, 7) is 0.647. The molecule has 0 heterocycles. The highest BCUT2D eigenvalue weighted by Crippen LogP contribution is 2.20. The first kappa shape index (κ1) is 12.0. The Bertz CT molecular complexity index is 290. The molecule has 0 saturated heterocycles. The van der Waals surface area contributed by atoms with Crippen LogP contribution in [0.5, 0.6) is 0 Å². The number of nitrogens with two attached hydrogens (primary N) is 1. The SMILES string of the molecule is CN(C)c1ccc(C(CN)N(C)C)cc1. The van der Waals surface area contributed by atoms with Gasteiger partial charge < -0.3 is 15.5 Å². The average molecular weight is 207 g/mol. The fourth-order valence-electron chi connectivity index (χ4n) is 1.64. The van der Waals surface area contributed by atoms with Crippen LogP contribution in [-0.2, 0) is 0 Å². The van der Waals surface area contributed by atoms with E-state index in [9.17, 15) is 0 Å². The molecule has 1 aromatic rings. The number of likely N-dealkylation sites (N-methyl/N-ethyl adjacent to an activating group) is 1. The summed E-state index contributed by atoms with van der Waals surface area (Å²) in [5.41, 5.74) is 8.24. The molecule has 3 heteroatoms. The van der Waals surface area contributed by atoms with Gasteiger partial charge >= 0.3 is 0 Å². The van der Waals surface area contributed by atoms with Gasteiger partial charge in [-0.2, -0.15) is 0 Å². The Morgan fingerprint density at radius 3 is 1.93 bits per heavy atom. The van der Waals surface area contributed by atoms with Crippen LogP contribution in [0.15, 0.2) is 24.3 Å². The quantitative estimate of drug-likeness (QED) is 0.808. The summed E-state index contributed by atoms with van der Waals surface area (Å²) in [5.74, 6) is 0. The zero-order valence-corrected chi connectivity index (χ0v) is 10.1. The minimum Gasteiger partial charge on any atom is -0.378 e. The molecule has 0 aliphatic carbocycles. The van der Waals surface area contributed by atoms with E-state index in [-0.39, 0.29) is 0 Å². The number of rotatable bonds is 4. The fourth-order valence-corrected chi connectivity index (χ4v) is 1.64. The maximum atomic E-state index is 5.75. The Balaban J connectivity index is 2.87. The topological polar surface area (TPSA) is 32.5 Å². The van der Waals surface area contributed by atoms with Crippen molar-refractivity contribution < 1.29 is 0 Å². The summed E-state index contributed by atoms with van der Waals surface area (Å²) in [6.07, 6.45) is 0. The van der Waals surface area contributed by atoms with Crippen molar-refractivity contribution in [3.63, 3.8) is 0 Å². The van der Waals surface area contributed by atoms with E-state index in [0.29, 0.717) is 12.6 Å². The Morgan fingerprint density at radius 2 is 1.60 bits per heavy atom. The highest BCUT2D eigenvalue weighted by atomic mass is 15.1. The van der Waals surface area contributed by atoms with Crippen LogP contribution in [0.25, 0.3) is 0 Å². The molecule has 0 bridgehead atoms. The average Bonchev–Trinajstić information content (AvgIpc) is 2.19. The van der Waals surface area contributed by atoms with Gasteiger partial charge in [0.25, 0.3) is 0 Å². The summed E-state index contributed by atoms with van der Waals surface area (Å²) in [5, 5.41) is 0. The zero-order valence-electron chi connectivity index (χ0n) is 10.1. The number of hydrogen-bond donors (Lipinski definition) is 1. The van der Waals surface area contributed by atoms with E-state index in [1.165, 1.54) is 11.3 Å². The van der Waals surface area contributed by atoms with Gasteiger partial charge in [-0.1, -0.05) is 12.1 Å². The molecule has 1 atom stereocenters. The van der Waals surface area contributed by atoms with Crippen LogP contribution in [-0.4, -0.2) is 39.6 Å². The normalized spacial score (nSPS) is 12.9. The van der Waals surface area contributed by atoms with Gasteiger partial charge in [0.1, 0.15) is 0 Å². The van der Waals surface area contributed by atoms with Gasteiger partial charge in [-0.25, -0.2) is 0 Å². The smallest absolute Gasteiger partial charge is 0.0464 e. The van der Waals surface area contributed by atoms with Gasteiger partial charge in [0, 0.05) is 32.4 Å². The minimum absolute atomic E-state index is 0.307. The Hall–Kier alpha value is -1.06. The molecule has 0 aliphatic heterocycles. The molecule has 0 aliphatic rings. The Kier molecular flexibility index (Phi) is 4.12. The van der Waals surface area contributed by atoms with Crippen LogP contribution in [0, 0.1) is 0 Å². The molecule has 0 radical (unpaired) electrons. The van der Waals surface area contributed by atoms with E-state index in [0.717, 1.165) is 0 Å². The second-order valence-electron chi connectivity index (χ2n) is 4.20. The lowest BCUT2D eigenvalue weighted by molar-refractivity contribution is 0.306. The monoisotopic (exact) mass is 207 g/mol. The van der Waals surface area contributed by atoms with Gasteiger partial charge in [-0.05, 0) is 31.8 Å². The lowest BCUT2D eigenvalue weighted by Gasteiger charge is -2.23. The molecule has 0 spiro atoms. The first-order chi connectivity index (χ1) is 7.06.